The largest absolute Gasteiger partial charge is 0.444 e. The minimum absolute atomic E-state index is 0.00667. The van der Waals surface area contributed by atoms with Gasteiger partial charge >= 0.3 is 12.3 Å². The van der Waals surface area contributed by atoms with Gasteiger partial charge in [-0.2, -0.15) is 13.2 Å². The molecule has 3 fully saturated rings. The smallest absolute Gasteiger partial charge is 0.410 e. The van der Waals surface area contributed by atoms with Gasteiger partial charge in [0.1, 0.15) is 11.6 Å². The van der Waals surface area contributed by atoms with Crippen molar-refractivity contribution in [1.82, 2.24) is 14.7 Å². The minimum Gasteiger partial charge on any atom is -0.444 e. The second kappa shape index (κ2) is 9.55. The molecule has 0 radical (unpaired) electrons. The van der Waals surface area contributed by atoms with Gasteiger partial charge in [0.2, 0.25) is 5.91 Å². The number of nitrogens with zero attached hydrogens (tertiary/aromatic N) is 3. The van der Waals surface area contributed by atoms with Crippen LogP contribution in [0.5, 0.6) is 0 Å². The number of rotatable bonds is 3. The highest BCUT2D eigenvalue weighted by atomic mass is 19.4. The van der Waals surface area contributed by atoms with Crippen molar-refractivity contribution in [1.29, 1.82) is 0 Å². The Kier molecular flexibility index (Phi) is 7.43. The van der Waals surface area contributed by atoms with E-state index in [1.807, 2.05) is 25.7 Å². The first kappa shape index (κ1) is 24.1. The maximum Gasteiger partial charge on any atom is 0.410 e. The zero-order chi connectivity index (χ0) is 22.8. The maximum absolute atomic E-state index is 13.1. The van der Waals surface area contributed by atoms with Gasteiger partial charge in [-0.3, -0.25) is 9.69 Å². The van der Waals surface area contributed by atoms with E-state index in [0.717, 1.165) is 25.8 Å². The second-order valence-electron chi connectivity index (χ2n) is 10.2. The molecule has 3 aliphatic heterocycles. The third-order valence-corrected chi connectivity index (χ3v) is 6.66. The van der Waals surface area contributed by atoms with Crippen LogP contribution in [0.15, 0.2) is 0 Å². The van der Waals surface area contributed by atoms with Crippen molar-refractivity contribution in [2.24, 2.45) is 11.8 Å². The maximum atomic E-state index is 13.1. The number of alkyl halides is 3. The van der Waals surface area contributed by atoms with Crippen LogP contribution < -0.4 is 0 Å². The van der Waals surface area contributed by atoms with Gasteiger partial charge in [-0.15, -0.1) is 0 Å². The van der Waals surface area contributed by atoms with Gasteiger partial charge in [-0.05, 0) is 78.3 Å². The summed E-state index contributed by atoms with van der Waals surface area (Å²) >= 11 is 0. The highest BCUT2D eigenvalue weighted by Gasteiger charge is 2.42. The number of amides is 2. The molecule has 0 bridgehead atoms. The third-order valence-electron chi connectivity index (χ3n) is 6.66. The molecular formula is C22H36F3N3O3. The lowest BCUT2D eigenvalue weighted by atomic mass is 9.92. The van der Waals surface area contributed by atoms with E-state index in [1.165, 1.54) is 0 Å². The fraction of sp³-hybridized carbons (Fsp3) is 0.909. The van der Waals surface area contributed by atoms with Crippen molar-refractivity contribution in [3.8, 4) is 0 Å². The molecule has 0 aromatic carbocycles. The molecule has 0 aromatic heterocycles. The molecule has 1 unspecified atom stereocenters. The van der Waals surface area contributed by atoms with Gasteiger partial charge in [0.15, 0.2) is 0 Å². The van der Waals surface area contributed by atoms with Crippen LogP contribution in [0.4, 0.5) is 18.0 Å². The molecule has 0 saturated carbocycles. The number of hydrogen-bond acceptors (Lipinski definition) is 4. The molecule has 178 valence electrons. The Morgan fingerprint density at radius 3 is 2.06 bits per heavy atom. The SMILES string of the molecule is CC(C)(C)OC(=O)N1CCCC1C(=O)N1CCC(CN2CCC(C(F)(F)F)CC2)CC1. The quantitative estimate of drug-likeness (QED) is 0.659. The first-order valence-electron chi connectivity index (χ1n) is 11.5. The Balaban J connectivity index is 1.44. The molecule has 9 heteroatoms. The predicted octanol–water partition coefficient (Wildman–Crippen LogP) is 3.90. The summed E-state index contributed by atoms with van der Waals surface area (Å²) in [6.07, 6.45) is -0.988. The predicted molar refractivity (Wildman–Crippen MR) is 110 cm³/mol. The fourth-order valence-electron chi connectivity index (χ4n) is 4.92. The zero-order valence-corrected chi connectivity index (χ0v) is 18.9. The molecular weight excluding hydrogens is 411 g/mol. The summed E-state index contributed by atoms with van der Waals surface area (Å²) in [4.78, 5) is 31.1. The van der Waals surface area contributed by atoms with Crippen LogP contribution in [0, 0.1) is 11.8 Å². The lowest BCUT2D eigenvalue weighted by Gasteiger charge is -2.39. The van der Waals surface area contributed by atoms with E-state index < -0.39 is 29.8 Å². The van der Waals surface area contributed by atoms with Crippen LogP contribution in [-0.4, -0.2) is 83.8 Å². The number of hydrogen-bond donors (Lipinski definition) is 0. The van der Waals surface area contributed by atoms with Gasteiger partial charge in [0.25, 0.3) is 0 Å². The van der Waals surface area contributed by atoms with E-state index in [1.54, 1.807) is 4.90 Å². The normalized spacial score (nSPS) is 25.2. The first-order chi connectivity index (χ1) is 14.4. The number of ether oxygens (including phenoxy) is 1. The summed E-state index contributed by atoms with van der Waals surface area (Å²) in [5.74, 6) is -0.771. The van der Waals surface area contributed by atoms with E-state index >= 15 is 0 Å². The zero-order valence-electron chi connectivity index (χ0n) is 18.9. The Morgan fingerprint density at radius 1 is 0.903 bits per heavy atom. The number of halogens is 3. The van der Waals surface area contributed by atoms with Crippen LogP contribution in [0.3, 0.4) is 0 Å². The molecule has 0 spiro atoms. The van der Waals surface area contributed by atoms with E-state index in [0.29, 0.717) is 45.1 Å². The molecule has 2 amide bonds. The number of likely N-dealkylation sites (tertiary alicyclic amines) is 3. The van der Waals surface area contributed by atoms with E-state index in [2.05, 4.69) is 4.90 Å². The molecule has 6 nitrogen and oxygen atoms in total. The first-order valence-corrected chi connectivity index (χ1v) is 11.5. The van der Waals surface area contributed by atoms with Crippen molar-refractivity contribution < 1.29 is 27.5 Å². The highest BCUT2D eigenvalue weighted by Crippen LogP contribution is 2.34. The Hall–Kier alpha value is -1.51. The summed E-state index contributed by atoms with van der Waals surface area (Å²) in [7, 11) is 0. The fourth-order valence-corrected chi connectivity index (χ4v) is 4.92. The summed E-state index contributed by atoms with van der Waals surface area (Å²) in [5, 5.41) is 0. The highest BCUT2D eigenvalue weighted by molar-refractivity contribution is 5.86. The van der Waals surface area contributed by atoms with Gasteiger partial charge in [0, 0.05) is 26.2 Å². The molecule has 3 rings (SSSR count). The average Bonchev–Trinajstić information content (AvgIpc) is 3.16. The Bertz CT molecular complexity index is 634. The molecule has 0 aliphatic carbocycles. The van der Waals surface area contributed by atoms with Gasteiger partial charge < -0.3 is 14.5 Å². The lowest BCUT2D eigenvalue weighted by Crippen LogP contribution is -2.51. The average molecular weight is 448 g/mol. The molecule has 31 heavy (non-hydrogen) atoms. The standard InChI is InChI=1S/C22H36F3N3O3/c1-21(2,3)31-20(30)28-10-4-5-18(28)19(29)27-13-6-16(7-14-27)15-26-11-8-17(9-12-26)22(23,24)25/h16-18H,4-15H2,1-3H3. The van der Waals surface area contributed by atoms with Crippen LogP contribution in [0.2, 0.25) is 0 Å². The molecule has 0 aromatic rings. The van der Waals surface area contributed by atoms with Crippen molar-refractivity contribution >= 4 is 12.0 Å². The number of carbonyl (C=O) groups excluding carboxylic acids is 2. The van der Waals surface area contributed by atoms with Gasteiger partial charge in [-0.1, -0.05) is 0 Å². The summed E-state index contributed by atoms with van der Waals surface area (Å²) in [6, 6.07) is -0.451. The van der Waals surface area contributed by atoms with Crippen molar-refractivity contribution in [2.75, 3.05) is 39.3 Å². The molecule has 3 saturated heterocycles. The summed E-state index contributed by atoms with van der Waals surface area (Å²) in [6.45, 7) is 9.06. The van der Waals surface area contributed by atoms with E-state index in [9.17, 15) is 22.8 Å². The van der Waals surface area contributed by atoms with Crippen molar-refractivity contribution in [3.63, 3.8) is 0 Å². The monoisotopic (exact) mass is 447 g/mol. The third kappa shape index (κ3) is 6.49. The lowest BCUT2D eigenvalue weighted by molar-refractivity contribution is -0.185. The topological polar surface area (TPSA) is 53.1 Å². The Labute approximate surface area is 183 Å². The Morgan fingerprint density at radius 2 is 1.52 bits per heavy atom. The molecule has 3 aliphatic rings. The summed E-state index contributed by atoms with van der Waals surface area (Å²) < 4.78 is 44.0. The van der Waals surface area contributed by atoms with E-state index in [-0.39, 0.29) is 18.7 Å². The minimum atomic E-state index is -4.08. The second-order valence-corrected chi connectivity index (χ2v) is 10.2. The van der Waals surface area contributed by atoms with Crippen LogP contribution in [0.25, 0.3) is 0 Å². The van der Waals surface area contributed by atoms with Crippen molar-refractivity contribution in [3.05, 3.63) is 0 Å². The number of piperidine rings is 2. The van der Waals surface area contributed by atoms with Crippen LogP contribution in [-0.2, 0) is 9.53 Å². The van der Waals surface area contributed by atoms with Crippen LogP contribution in [0.1, 0.15) is 59.3 Å². The summed E-state index contributed by atoms with van der Waals surface area (Å²) in [5.41, 5.74) is -0.597. The van der Waals surface area contributed by atoms with Gasteiger partial charge in [-0.25, -0.2) is 4.79 Å². The molecule has 1 atom stereocenters. The van der Waals surface area contributed by atoms with E-state index in [4.69, 9.17) is 4.74 Å². The van der Waals surface area contributed by atoms with Crippen LogP contribution >= 0.6 is 0 Å². The van der Waals surface area contributed by atoms with Crippen molar-refractivity contribution in [2.45, 2.75) is 77.1 Å². The van der Waals surface area contributed by atoms with Gasteiger partial charge in [0.05, 0.1) is 5.92 Å². The molecule has 3 heterocycles. The molecule has 0 N–H and O–H groups in total. The number of carbonyl (C=O) groups is 2.